The highest BCUT2D eigenvalue weighted by molar-refractivity contribution is 9.10. The van der Waals surface area contributed by atoms with E-state index in [1.54, 1.807) is 7.11 Å². The first-order chi connectivity index (χ1) is 8.77. The predicted molar refractivity (Wildman–Crippen MR) is 81.7 cm³/mol. The lowest BCUT2D eigenvalue weighted by atomic mass is 10.1. The van der Waals surface area contributed by atoms with Gasteiger partial charge in [-0.25, -0.2) is 0 Å². The normalized spacial score (nSPS) is 13.1. The Bertz CT molecular complexity index is 465. The molecule has 106 valence electrons. The number of thioether (sulfide) groups is 1. The van der Waals surface area contributed by atoms with E-state index in [2.05, 4.69) is 15.9 Å². The number of nitrogens with two attached hydrogens (primary N) is 1. The molecule has 6 heteroatoms. The van der Waals surface area contributed by atoms with Crippen molar-refractivity contribution < 1.29 is 14.6 Å². The summed E-state index contributed by atoms with van der Waals surface area (Å²) in [4.78, 5) is 11.0. The molecule has 0 aliphatic heterocycles. The van der Waals surface area contributed by atoms with Crippen molar-refractivity contribution in [1.29, 1.82) is 0 Å². The maximum atomic E-state index is 11.0. The second-order valence-electron chi connectivity index (χ2n) is 4.67. The molecule has 0 saturated carbocycles. The summed E-state index contributed by atoms with van der Waals surface area (Å²) >= 11 is 4.99. The lowest BCUT2D eigenvalue weighted by Gasteiger charge is -2.28. The van der Waals surface area contributed by atoms with Gasteiger partial charge in [0.05, 0.1) is 7.11 Å². The molecule has 0 heterocycles. The fraction of sp³-hybridized carbons (Fsp3) is 0.462. The summed E-state index contributed by atoms with van der Waals surface area (Å²) in [5, 5.41) is 8.98. The summed E-state index contributed by atoms with van der Waals surface area (Å²) in [6.07, 6.45) is 0. The first-order valence-corrected chi connectivity index (χ1v) is 7.50. The van der Waals surface area contributed by atoms with E-state index >= 15 is 0 Å². The van der Waals surface area contributed by atoms with Gasteiger partial charge in [0.15, 0.2) is 0 Å². The van der Waals surface area contributed by atoms with E-state index in [9.17, 15) is 4.79 Å². The number of hydrogen-bond acceptors (Lipinski definition) is 4. The van der Waals surface area contributed by atoms with Crippen LogP contribution in [0.1, 0.15) is 19.4 Å². The van der Waals surface area contributed by atoms with E-state index < -0.39 is 16.8 Å². The van der Waals surface area contributed by atoms with Gasteiger partial charge >= 0.3 is 5.97 Å². The van der Waals surface area contributed by atoms with Gasteiger partial charge in [0.2, 0.25) is 0 Å². The van der Waals surface area contributed by atoms with Gasteiger partial charge in [-0.15, -0.1) is 11.8 Å². The molecule has 0 radical (unpaired) electrons. The number of methoxy groups -OCH3 is 1. The Morgan fingerprint density at radius 2 is 2.21 bits per heavy atom. The highest BCUT2D eigenvalue weighted by Gasteiger charge is 2.32. The molecule has 0 amide bonds. The van der Waals surface area contributed by atoms with E-state index in [0.29, 0.717) is 5.75 Å². The first kappa shape index (κ1) is 16.3. The molecular weight excluding hydrogens is 330 g/mol. The van der Waals surface area contributed by atoms with Crippen LogP contribution in [-0.2, 0) is 10.5 Å². The minimum absolute atomic E-state index is 0.547. The molecule has 0 saturated heterocycles. The SMILES string of the molecule is COc1ccc(Br)c(CSC(C)(C)[C@H](N)C(=O)O)c1. The van der Waals surface area contributed by atoms with E-state index in [-0.39, 0.29) is 0 Å². The van der Waals surface area contributed by atoms with Crippen molar-refractivity contribution in [2.75, 3.05) is 7.11 Å². The van der Waals surface area contributed by atoms with Gasteiger partial charge in [-0.05, 0) is 37.6 Å². The Balaban J connectivity index is 2.78. The molecule has 19 heavy (non-hydrogen) atoms. The number of benzene rings is 1. The number of carboxylic acid groups (broad SMARTS) is 1. The topological polar surface area (TPSA) is 72.5 Å². The monoisotopic (exact) mass is 347 g/mol. The second kappa shape index (κ2) is 6.63. The number of hydrogen-bond donors (Lipinski definition) is 2. The molecule has 1 rings (SSSR count). The lowest BCUT2D eigenvalue weighted by molar-refractivity contribution is -0.139. The summed E-state index contributed by atoms with van der Waals surface area (Å²) in [5.74, 6) is 0.451. The molecule has 1 atom stereocenters. The Morgan fingerprint density at radius 1 is 1.58 bits per heavy atom. The summed E-state index contributed by atoms with van der Waals surface area (Å²) < 4.78 is 5.60. The molecule has 0 fully saturated rings. The minimum atomic E-state index is -0.984. The highest BCUT2D eigenvalue weighted by Crippen LogP contribution is 2.34. The van der Waals surface area contributed by atoms with Crippen LogP contribution >= 0.6 is 27.7 Å². The second-order valence-corrected chi connectivity index (χ2v) is 7.15. The first-order valence-electron chi connectivity index (χ1n) is 5.72. The zero-order valence-electron chi connectivity index (χ0n) is 11.1. The number of rotatable bonds is 6. The summed E-state index contributed by atoms with van der Waals surface area (Å²) in [5.41, 5.74) is 6.75. The Morgan fingerprint density at radius 3 is 2.74 bits per heavy atom. The van der Waals surface area contributed by atoms with Gasteiger partial charge in [-0.2, -0.15) is 0 Å². The molecule has 0 aromatic heterocycles. The van der Waals surface area contributed by atoms with Gasteiger partial charge in [0, 0.05) is 15.0 Å². The van der Waals surface area contributed by atoms with Crippen LogP contribution in [0, 0.1) is 0 Å². The van der Waals surface area contributed by atoms with Crippen LogP contribution in [0.15, 0.2) is 22.7 Å². The minimum Gasteiger partial charge on any atom is -0.497 e. The highest BCUT2D eigenvalue weighted by atomic mass is 79.9. The molecule has 3 N–H and O–H groups in total. The molecule has 1 aromatic carbocycles. The van der Waals surface area contributed by atoms with Crippen molar-refractivity contribution in [3.63, 3.8) is 0 Å². The van der Waals surface area contributed by atoms with Crippen LogP contribution in [0.2, 0.25) is 0 Å². The van der Waals surface area contributed by atoms with E-state index in [1.807, 2.05) is 32.0 Å². The van der Waals surface area contributed by atoms with Crippen molar-refractivity contribution in [3.05, 3.63) is 28.2 Å². The zero-order valence-corrected chi connectivity index (χ0v) is 13.5. The van der Waals surface area contributed by atoms with Crippen LogP contribution in [-0.4, -0.2) is 29.0 Å². The molecule has 0 bridgehead atoms. The Kier molecular flexibility index (Phi) is 5.70. The van der Waals surface area contributed by atoms with Crippen LogP contribution in [0.25, 0.3) is 0 Å². The van der Waals surface area contributed by atoms with Crippen molar-refractivity contribution >= 4 is 33.7 Å². The fourth-order valence-corrected chi connectivity index (χ4v) is 3.06. The van der Waals surface area contributed by atoms with Crippen molar-refractivity contribution in [3.8, 4) is 5.75 Å². The third-order valence-corrected chi connectivity index (χ3v) is 5.09. The van der Waals surface area contributed by atoms with Gasteiger partial charge in [-0.3, -0.25) is 4.79 Å². The third kappa shape index (κ3) is 4.40. The maximum Gasteiger partial charge on any atom is 0.321 e. The van der Waals surface area contributed by atoms with Crippen LogP contribution in [0.4, 0.5) is 0 Å². The zero-order chi connectivity index (χ0) is 14.6. The number of carbonyl (C=O) groups is 1. The van der Waals surface area contributed by atoms with Crippen molar-refractivity contribution in [1.82, 2.24) is 0 Å². The maximum absolute atomic E-state index is 11.0. The van der Waals surface area contributed by atoms with E-state index in [0.717, 1.165) is 15.8 Å². The quantitative estimate of drug-likeness (QED) is 0.827. The molecule has 4 nitrogen and oxygen atoms in total. The van der Waals surface area contributed by atoms with E-state index in [4.69, 9.17) is 15.6 Å². The average molecular weight is 348 g/mol. The number of halogens is 1. The van der Waals surface area contributed by atoms with Gasteiger partial charge in [-0.1, -0.05) is 15.9 Å². The van der Waals surface area contributed by atoms with E-state index in [1.165, 1.54) is 11.8 Å². The fourth-order valence-electron chi connectivity index (χ4n) is 1.44. The summed E-state index contributed by atoms with van der Waals surface area (Å²) in [6.45, 7) is 3.68. The molecule has 0 unspecified atom stereocenters. The standard InChI is InChI=1S/C13H18BrNO3S/c1-13(2,11(15)12(16)17)19-7-8-6-9(18-3)4-5-10(8)14/h4-6,11H,7,15H2,1-3H3,(H,16,17)/t11-/m1/s1. The van der Waals surface area contributed by atoms with Crippen molar-refractivity contribution in [2.24, 2.45) is 5.73 Å². The van der Waals surface area contributed by atoms with Crippen LogP contribution in [0.5, 0.6) is 5.75 Å². The molecular formula is C13H18BrNO3S. The van der Waals surface area contributed by atoms with Crippen molar-refractivity contribution in [2.45, 2.75) is 30.4 Å². The van der Waals surface area contributed by atoms with Crippen LogP contribution in [0.3, 0.4) is 0 Å². The summed E-state index contributed by atoms with van der Waals surface area (Å²) in [6, 6.07) is 4.81. The Labute approximate surface area is 125 Å². The smallest absolute Gasteiger partial charge is 0.321 e. The largest absolute Gasteiger partial charge is 0.497 e. The lowest BCUT2D eigenvalue weighted by Crippen LogP contribution is -2.46. The Hall–Kier alpha value is -0.720. The number of carboxylic acids is 1. The molecule has 0 aliphatic rings. The molecule has 0 spiro atoms. The van der Waals surface area contributed by atoms with Gasteiger partial charge < -0.3 is 15.6 Å². The molecule has 1 aromatic rings. The average Bonchev–Trinajstić information content (AvgIpc) is 2.36. The van der Waals surface area contributed by atoms with Gasteiger partial charge in [0.1, 0.15) is 11.8 Å². The number of ether oxygens (including phenoxy) is 1. The summed E-state index contributed by atoms with van der Waals surface area (Å²) in [7, 11) is 1.62. The van der Waals surface area contributed by atoms with Gasteiger partial charge in [0.25, 0.3) is 0 Å². The predicted octanol–water partition coefficient (Wildman–Crippen LogP) is 2.88. The van der Waals surface area contributed by atoms with Crippen LogP contribution < -0.4 is 10.5 Å². The molecule has 0 aliphatic carbocycles. The third-order valence-electron chi connectivity index (χ3n) is 2.87. The number of aliphatic carboxylic acids is 1.